The Bertz CT molecular complexity index is 517. The number of benzene rings is 1. The van der Waals surface area contributed by atoms with Crippen molar-refractivity contribution < 1.29 is 8.78 Å². The number of hydrogen-bond donors (Lipinski definition) is 3. The zero-order valence-corrected chi connectivity index (χ0v) is 10.4. The van der Waals surface area contributed by atoms with Crippen LogP contribution in [0.2, 0.25) is 0 Å². The fourth-order valence-electron chi connectivity index (χ4n) is 1.13. The van der Waals surface area contributed by atoms with E-state index < -0.39 is 22.1 Å². The van der Waals surface area contributed by atoms with Crippen molar-refractivity contribution in [2.45, 2.75) is 6.54 Å². The third-order valence-corrected chi connectivity index (χ3v) is 2.16. The number of nitrogens with one attached hydrogen (secondary N) is 3. The fourth-order valence-corrected chi connectivity index (χ4v) is 1.32. The molecule has 1 aromatic carbocycles. The highest BCUT2D eigenvalue weighted by Gasteiger charge is 2.10. The number of aliphatic imine (C=N–C) groups is 1. The van der Waals surface area contributed by atoms with Crippen LogP contribution >= 0.6 is 23.2 Å². The van der Waals surface area contributed by atoms with Crippen molar-refractivity contribution in [1.29, 1.82) is 10.8 Å². The van der Waals surface area contributed by atoms with Crippen LogP contribution in [0.3, 0.4) is 0 Å². The summed E-state index contributed by atoms with van der Waals surface area (Å²) in [5.41, 5.74) is 0.0433. The average Bonchev–Trinajstić information content (AvgIpc) is 2.28. The zero-order chi connectivity index (χ0) is 13.7. The SMILES string of the molecule is N=C(Cl)/N=C(/NCc1cccc(F)c1F)C(=N)Cl. The highest BCUT2D eigenvalue weighted by Crippen LogP contribution is 2.10. The maximum absolute atomic E-state index is 13.3. The van der Waals surface area contributed by atoms with E-state index in [1.165, 1.54) is 12.1 Å². The molecule has 8 heteroatoms. The van der Waals surface area contributed by atoms with Gasteiger partial charge in [-0.1, -0.05) is 23.7 Å². The Balaban J connectivity index is 2.83. The van der Waals surface area contributed by atoms with Crippen LogP contribution in [0.1, 0.15) is 5.56 Å². The first kappa shape index (κ1) is 14.5. The first-order valence-corrected chi connectivity index (χ1v) is 5.41. The van der Waals surface area contributed by atoms with E-state index in [-0.39, 0.29) is 17.9 Å². The lowest BCUT2D eigenvalue weighted by Gasteiger charge is -2.08. The van der Waals surface area contributed by atoms with E-state index >= 15 is 0 Å². The Morgan fingerprint density at radius 3 is 2.50 bits per heavy atom. The average molecular weight is 293 g/mol. The van der Waals surface area contributed by atoms with Crippen molar-refractivity contribution in [3.05, 3.63) is 35.4 Å². The van der Waals surface area contributed by atoms with E-state index in [1.807, 2.05) is 0 Å². The molecule has 1 aromatic rings. The fraction of sp³-hybridized carbons (Fsp3) is 0.100. The molecule has 0 heterocycles. The maximum atomic E-state index is 13.3. The lowest BCUT2D eigenvalue weighted by atomic mass is 10.2. The second-order valence-corrected chi connectivity index (χ2v) is 3.87. The molecule has 4 nitrogen and oxygen atoms in total. The van der Waals surface area contributed by atoms with Crippen LogP contribution in [0.5, 0.6) is 0 Å². The van der Waals surface area contributed by atoms with Crippen molar-refractivity contribution in [2.75, 3.05) is 0 Å². The van der Waals surface area contributed by atoms with Gasteiger partial charge < -0.3 is 5.32 Å². The summed E-state index contributed by atoms with van der Waals surface area (Å²) in [5, 5.41) is 15.5. The first-order chi connectivity index (χ1) is 8.41. The summed E-state index contributed by atoms with van der Waals surface area (Å²) in [6.07, 6.45) is 0. The second kappa shape index (κ2) is 6.42. The van der Waals surface area contributed by atoms with Crippen molar-refractivity contribution in [3.8, 4) is 0 Å². The number of amidine groups is 2. The van der Waals surface area contributed by atoms with Gasteiger partial charge in [0.25, 0.3) is 0 Å². The van der Waals surface area contributed by atoms with Gasteiger partial charge in [0, 0.05) is 12.1 Å². The van der Waals surface area contributed by atoms with Crippen LogP contribution in [0.25, 0.3) is 0 Å². The molecular formula is C10H8Cl2F2N4. The third-order valence-electron chi connectivity index (χ3n) is 1.90. The summed E-state index contributed by atoms with van der Waals surface area (Å²) in [5.74, 6) is -2.16. The Kier molecular flexibility index (Phi) is 5.18. The van der Waals surface area contributed by atoms with Gasteiger partial charge in [-0.25, -0.2) is 8.78 Å². The minimum atomic E-state index is -0.994. The molecular weight excluding hydrogens is 285 g/mol. The standard InChI is InChI=1S/C10H8Cl2F2N4/c11-8(15)9(18-10(12)16)17-4-5-2-1-3-6(13)7(5)14/h1-3,15H,4H2,(H2,16,17,18). The van der Waals surface area contributed by atoms with Crippen molar-refractivity contribution in [1.82, 2.24) is 5.32 Å². The van der Waals surface area contributed by atoms with Crippen LogP contribution in [0, 0.1) is 22.5 Å². The summed E-state index contributed by atoms with van der Waals surface area (Å²) in [4.78, 5) is 3.43. The lowest BCUT2D eigenvalue weighted by molar-refractivity contribution is 0.497. The number of halogens is 4. The number of nitrogens with zero attached hydrogens (tertiary/aromatic N) is 1. The van der Waals surface area contributed by atoms with E-state index in [4.69, 9.17) is 34.0 Å². The quantitative estimate of drug-likeness (QED) is 0.447. The van der Waals surface area contributed by atoms with Crippen LogP contribution < -0.4 is 5.32 Å². The van der Waals surface area contributed by atoms with Gasteiger partial charge in [-0.2, -0.15) is 4.99 Å². The van der Waals surface area contributed by atoms with Crippen LogP contribution in [0.4, 0.5) is 8.78 Å². The first-order valence-electron chi connectivity index (χ1n) is 4.65. The molecule has 0 aliphatic rings. The highest BCUT2D eigenvalue weighted by molar-refractivity contribution is 6.83. The van der Waals surface area contributed by atoms with Gasteiger partial charge in [-0.3, -0.25) is 10.8 Å². The van der Waals surface area contributed by atoms with Gasteiger partial charge in [0.1, 0.15) is 0 Å². The van der Waals surface area contributed by atoms with Gasteiger partial charge >= 0.3 is 0 Å². The molecule has 0 fully saturated rings. The van der Waals surface area contributed by atoms with Crippen LogP contribution in [0.15, 0.2) is 23.2 Å². The molecule has 0 bridgehead atoms. The summed E-state index contributed by atoms with van der Waals surface area (Å²) in [6, 6.07) is 3.71. The Labute approximate surface area is 112 Å². The summed E-state index contributed by atoms with van der Waals surface area (Å²) < 4.78 is 26.2. The van der Waals surface area contributed by atoms with Gasteiger partial charge in [-0.15, -0.1) is 0 Å². The molecule has 0 aromatic heterocycles. The normalized spacial score (nSPS) is 11.2. The molecule has 18 heavy (non-hydrogen) atoms. The van der Waals surface area contributed by atoms with E-state index in [0.717, 1.165) is 6.07 Å². The molecule has 0 aliphatic carbocycles. The molecule has 0 radical (unpaired) electrons. The van der Waals surface area contributed by atoms with Crippen molar-refractivity contribution in [3.63, 3.8) is 0 Å². The third kappa shape index (κ3) is 4.05. The predicted molar refractivity (Wildman–Crippen MR) is 67.8 cm³/mol. The zero-order valence-electron chi connectivity index (χ0n) is 8.90. The molecule has 3 N–H and O–H groups in total. The van der Waals surface area contributed by atoms with Gasteiger partial charge in [-0.05, 0) is 17.7 Å². The van der Waals surface area contributed by atoms with E-state index in [0.29, 0.717) is 0 Å². The Morgan fingerprint density at radius 1 is 1.28 bits per heavy atom. The molecule has 0 aliphatic heterocycles. The molecule has 96 valence electrons. The summed E-state index contributed by atoms with van der Waals surface area (Å²) in [6.45, 7) is -0.137. The van der Waals surface area contributed by atoms with Crippen LogP contribution in [-0.2, 0) is 6.54 Å². The van der Waals surface area contributed by atoms with Crippen molar-refractivity contribution >= 4 is 39.5 Å². The number of hydrogen-bond acceptors (Lipinski definition) is 2. The van der Waals surface area contributed by atoms with Gasteiger partial charge in [0.2, 0.25) is 5.29 Å². The lowest BCUT2D eigenvalue weighted by Crippen LogP contribution is -2.28. The predicted octanol–water partition coefficient (Wildman–Crippen LogP) is 2.84. The number of rotatable bonds is 3. The monoisotopic (exact) mass is 292 g/mol. The summed E-state index contributed by atoms with van der Waals surface area (Å²) >= 11 is 10.6. The topological polar surface area (TPSA) is 72.1 Å². The highest BCUT2D eigenvalue weighted by atomic mass is 35.5. The second-order valence-electron chi connectivity index (χ2n) is 3.13. The van der Waals surface area contributed by atoms with Gasteiger partial charge in [0.05, 0.1) is 0 Å². The molecule has 1 rings (SSSR count). The maximum Gasteiger partial charge on any atom is 0.216 e. The molecule has 0 saturated heterocycles. The van der Waals surface area contributed by atoms with Crippen LogP contribution in [-0.4, -0.2) is 16.3 Å². The Morgan fingerprint density at radius 2 is 1.94 bits per heavy atom. The van der Waals surface area contributed by atoms with E-state index in [9.17, 15) is 8.78 Å². The minimum Gasteiger partial charge on any atom is -0.363 e. The smallest absolute Gasteiger partial charge is 0.216 e. The van der Waals surface area contributed by atoms with E-state index in [2.05, 4.69) is 10.3 Å². The summed E-state index contributed by atoms with van der Waals surface area (Å²) in [7, 11) is 0. The molecule has 0 unspecified atom stereocenters. The minimum absolute atomic E-state index is 0.0433. The Hall–Kier alpha value is -1.53. The van der Waals surface area contributed by atoms with Crippen molar-refractivity contribution in [2.24, 2.45) is 4.99 Å². The molecule has 0 amide bonds. The molecule has 0 spiro atoms. The molecule has 0 saturated carbocycles. The van der Waals surface area contributed by atoms with Gasteiger partial charge in [0.15, 0.2) is 22.6 Å². The van der Waals surface area contributed by atoms with E-state index in [1.54, 1.807) is 0 Å². The largest absolute Gasteiger partial charge is 0.363 e. The molecule has 0 atom stereocenters.